The zero-order valence-corrected chi connectivity index (χ0v) is 10.6. The Morgan fingerprint density at radius 3 is 2.81 bits per heavy atom. The van der Waals surface area contributed by atoms with Gasteiger partial charge in [0.05, 0.1) is 12.0 Å². The standard InChI is InChI=1S/C13H23N3/c1-9-4-5-12(10(2)6-9)16-8-15-7-13(16)11(3)14/h7-12H,4-6,14H2,1-3H3/t9?,10?,11-,12?/m0/s1. The number of imidazole rings is 1. The summed E-state index contributed by atoms with van der Waals surface area (Å²) in [7, 11) is 0. The second kappa shape index (κ2) is 4.58. The molecule has 1 heterocycles. The molecule has 0 amide bonds. The summed E-state index contributed by atoms with van der Waals surface area (Å²) in [6, 6.07) is 0.675. The van der Waals surface area contributed by atoms with Crippen LogP contribution < -0.4 is 5.73 Å². The van der Waals surface area contributed by atoms with E-state index in [-0.39, 0.29) is 6.04 Å². The number of aromatic nitrogens is 2. The van der Waals surface area contributed by atoms with Crippen molar-refractivity contribution in [2.24, 2.45) is 17.6 Å². The molecule has 0 radical (unpaired) electrons. The molecular formula is C13H23N3. The van der Waals surface area contributed by atoms with Gasteiger partial charge in [0, 0.05) is 18.3 Å². The number of nitrogens with zero attached hydrogens (tertiary/aromatic N) is 2. The summed E-state index contributed by atoms with van der Waals surface area (Å²) in [6.45, 7) is 6.74. The van der Waals surface area contributed by atoms with Crippen LogP contribution in [0, 0.1) is 11.8 Å². The lowest BCUT2D eigenvalue weighted by Crippen LogP contribution is -2.26. The van der Waals surface area contributed by atoms with Gasteiger partial charge in [-0.05, 0) is 38.0 Å². The van der Waals surface area contributed by atoms with Crippen molar-refractivity contribution in [3.8, 4) is 0 Å². The lowest BCUT2D eigenvalue weighted by molar-refractivity contribution is 0.203. The van der Waals surface area contributed by atoms with E-state index in [0.717, 1.165) is 11.8 Å². The average molecular weight is 221 g/mol. The zero-order valence-electron chi connectivity index (χ0n) is 10.6. The summed E-state index contributed by atoms with van der Waals surface area (Å²) in [5.41, 5.74) is 7.15. The molecule has 4 atom stereocenters. The molecule has 0 spiro atoms. The summed E-state index contributed by atoms with van der Waals surface area (Å²) >= 11 is 0. The molecule has 2 N–H and O–H groups in total. The SMILES string of the molecule is CC1CCC(n2cncc2[C@H](C)N)C(C)C1. The molecule has 3 heteroatoms. The van der Waals surface area contributed by atoms with Gasteiger partial charge in [0.2, 0.25) is 0 Å². The maximum absolute atomic E-state index is 5.98. The minimum absolute atomic E-state index is 0.0778. The summed E-state index contributed by atoms with van der Waals surface area (Å²) < 4.78 is 2.31. The average Bonchev–Trinajstić information content (AvgIpc) is 2.66. The Morgan fingerprint density at radius 2 is 2.19 bits per heavy atom. The molecular weight excluding hydrogens is 198 g/mol. The van der Waals surface area contributed by atoms with Crippen molar-refractivity contribution in [2.45, 2.75) is 52.1 Å². The molecule has 1 aromatic heterocycles. The number of nitrogens with two attached hydrogens (primary N) is 1. The van der Waals surface area contributed by atoms with Gasteiger partial charge in [0.15, 0.2) is 0 Å². The van der Waals surface area contributed by atoms with Crippen molar-refractivity contribution in [1.29, 1.82) is 0 Å². The van der Waals surface area contributed by atoms with Crippen molar-refractivity contribution in [1.82, 2.24) is 9.55 Å². The monoisotopic (exact) mass is 221 g/mol. The van der Waals surface area contributed by atoms with Gasteiger partial charge in [-0.15, -0.1) is 0 Å². The van der Waals surface area contributed by atoms with E-state index in [0.29, 0.717) is 6.04 Å². The first-order valence-corrected chi connectivity index (χ1v) is 6.37. The van der Waals surface area contributed by atoms with Gasteiger partial charge in [0.1, 0.15) is 0 Å². The topological polar surface area (TPSA) is 43.8 Å². The van der Waals surface area contributed by atoms with Crippen molar-refractivity contribution >= 4 is 0 Å². The second-order valence-electron chi connectivity index (χ2n) is 5.48. The van der Waals surface area contributed by atoms with Gasteiger partial charge in [0.25, 0.3) is 0 Å². The molecule has 2 rings (SSSR count). The minimum Gasteiger partial charge on any atom is -0.330 e. The molecule has 0 bridgehead atoms. The molecule has 0 saturated heterocycles. The van der Waals surface area contributed by atoms with E-state index in [4.69, 9.17) is 5.73 Å². The van der Waals surface area contributed by atoms with E-state index in [1.165, 1.54) is 25.0 Å². The van der Waals surface area contributed by atoms with E-state index in [9.17, 15) is 0 Å². The Hall–Kier alpha value is -0.830. The fourth-order valence-corrected chi connectivity index (χ4v) is 3.01. The molecule has 3 unspecified atom stereocenters. The predicted molar refractivity (Wildman–Crippen MR) is 66.0 cm³/mol. The van der Waals surface area contributed by atoms with Crippen molar-refractivity contribution in [3.05, 3.63) is 18.2 Å². The van der Waals surface area contributed by atoms with Gasteiger partial charge in [-0.1, -0.05) is 13.8 Å². The first-order valence-electron chi connectivity index (χ1n) is 6.37. The van der Waals surface area contributed by atoms with Crippen LogP contribution in [-0.2, 0) is 0 Å². The second-order valence-corrected chi connectivity index (χ2v) is 5.48. The fourth-order valence-electron chi connectivity index (χ4n) is 3.01. The van der Waals surface area contributed by atoms with Crippen LogP contribution in [0.3, 0.4) is 0 Å². The van der Waals surface area contributed by atoms with Crippen molar-refractivity contribution < 1.29 is 0 Å². The van der Waals surface area contributed by atoms with Crippen LogP contribution in [0.1, 0.15) is 57.8 Å². The highest BCUT2D eigenvalue weighted by molar-refractivity contribution is 5.06. The van der Waals surface area contributed by atoms with Gasteiger partial charge < -0.3 is 10.3 Å². The Balaban J connectivity index is 2.20. The molecule has 3 nitrogen and oxygen atoms in total. The molecule has 90 valence electrons. The highest BCUT2D eigenvalue weighted by Crippen LogP contribution is 2.37. The van der Waals surface area contributed by atoms with Gasteiger partial charge >= 0.3 is 0 Å². The van der Waals surface area contributed by atoms with E-state index in [2.05, 4.69) is 23.4 Å². The third-order valence-corrected chi connectivity index (χ3v) is 3.91. The first-order chi connectivity index (χ1) is 7.59. The highest BCUT2D eigenvalue weighted by atomic mass is 15.1. The molecule has 0 aliphatic heterocycles. The van der Waals surface area contributed by atoms with E-state index in [1.807, 2.05) is 19.4 Å². The van der Waals surface area contributed by atoms with Crippen LogP contribution in [0.2, 0.25) is 0 Å². The van der Waals surface area contributed by atoms with Crippen molar-refractivity contribution in [3.63, 3.8) is 0 Å². The molecule has 16 heavy (non-hydrogen) atoms. The normalized spacial score (nSPS) is 32.6. The molecule has 1 aromatic rings. The Bertz CT molecular complexity index is 343. The minimum atomic E-state index is 0.0778. The Kier molecular flexibility index (Phi) is 3.33. The lowest BCUT2D eigenvalue weighted by Gasteiger charge is -2.34. The molecule has 1 aliphatic carbocycles. The number of hydrogen-bond donors (Lipinski definition) is 1. The third kappa shape index (κ3) is 2.14. The van der Waals surface area contributed by atoms with Gasteiger partial charge in [-0.25, -0.2) is 4.98 Å². The molecule has 1 fully saturated rings. The number of hydrogen-bond acceptors (Lipinski definition) is 2. The Morgan fingerprint density at radius 1 is 1.44 bits per heavy atom. The third-order valence-electron chi connectivity index (χ3n) is 3.91. The predicted octanol–water partition coefficient (Wildman–Crippen LogP) is 2.90. The molecule has 0 aromatic carbocycles. The maximum atomic E-state index is 5.98. The zero-order chi connectivity index (χ0) is 11.7. The van der Waals surface area contributed by atoms with Crippen LogP contribution in [0.25, 0.3) is 0 Å². The van der Waals surface area contributed by atoms with Gasteiger partial charge in [-0.3, -0.25) is 0 Å². The van der Waals surface area contributed by atoms with Gasteiger partial charge in [-0.2, -0.15) is 0 Å². The summed E-state index contributed by atoms with van der Waals surface area (Å²) in [5.74, 6) is 1.60. The number of rotatable bonds is 2. The summed E-state index contributed by atoms with van der Waals surface area (Å²) in [5, 5.41) is 0. The lowest BCUT2D eigenvalue weighted by atomic mass is 9.79. The van der Waals surface area contributed by atoms with Crippen LogP contribution in [0.4, 0.5) is 0 Å². The molecule has 1 aliphatic rings. The van der Waals surface area contributed by atoms with Crippen LogP contribution in [0.15, 0.2) is 12.5 Å². The molecule has 1 saturated carbocycles. The fraction of sp³-hybridized carbons (Fsp3) is 0.769. The first kappa shape index (κ1) is 11.6. The van der Waals surface area contributed by atoms with E-state index in [1.54, 1.807) is 0 Å². The van der Waals surface area contributed by atoms with E-state index >= 15 is 0 Å². The van der Waals surface area contributed by atoms with Crippen LogP contribution >= 0.6 is 0 Å². The Labute approximate surface area is 98.1 Å². The van der Waals surface area contributed by atoms with Crippen LogP contribution in [0.5, 0.6) is 0 Å². The van der Waals surface area contributed by atoms with Crippen molar-refractivity contribution in [2.75, 3.05) is 0 Å². The largest absolute Gasteiger partial charge is 0.330 e. The van der Waals surface area contributed by atoms with E-state index < -0.39 is 0 Å². The summed E-state index contributed by atoms with van der Waals surface area (Å²) in [6.07, 6.45) is 7.77. The quantitative estimate of drug-likeness (QED) is 0.834. The maximum Gasteiger partial charge on any atom is 0.0951 e. The smallest absolute Gasteiger partial charge is 0.0951 e. The summed E-state index contributed by atoms with van der Waals surface area (Å²) in [4.78, 5) is 4.26. The highest BCUT2D eigenvalue weighted by Gasteiger charge is 2.28. The van der Waals surface area contributed by atoms with Crippen LogP contribution in [-0.4, -0.2) is 9.55 Å².